The molecule has 1 amide bonds. The molecule has 2 aromatic carbocycles. The predicted molar refractivity (Wildman–Crippen MR) is 126 cm³/mol. The van der Waals surface area contributed by atoms with Crippen LogP contribution >= 0.6 is 11.6 Å². The first-order chi connectivity index (χ1) is 15.3. The summed E-state index contributed by atoms with van der Waals surface area (Å²) in [6.45, 7) is 7.98. The maximum atomic E-state index is 13.3. The zero-order valence-corrected chi connectivity index (χ0v) is 20.0. The number of benzene rings is 2. The molecule has 3 rings (SSSR count). The fraction of sp³-hybridized carbons (Fsp3) is 0.435. The van der Waals surface area contributed by atoms with E-state index in [-0.39, 0.29) is 22.2 Å². The summed E-state index contributed by atoms with van der Waals surface area (Å²) in [7, 11) is -3.98. The van der Waals surface area contributed by atoms with Gasteiger partial charge in [0.15, 0.2) is 0 Å². The van der Waals surface area contributed by atoms with Gasteiger partial charge < -0.3 is 14.5 Å². The summed E-state index contributed by atoms with van der Waals surface area (Å²) in [5, 5.41) is 0.205. The monoisotopic (exact) mass is 479 g/mol. The lowest BCUT2D eigenvalue weighted by molar-refractivity contribution is -0.134. The number of rotatable bonds is 9. The van der Waals surface area contributed by atoms with E-state index in [2.05, 4.69) is 16.5 Å². The molecule has 0 spiro atoms. The molecular formula is C23H30ClN3O4S. The molecule has 1 unspecified atom stereocenters. The van der Waals surface area contributed by atoms with Crippen molar-refractivity contribution in [1.82, 2.24) is 14.5 Å². The van der Waals surface area contributed by atoms with E-state index in [0.717, 1.165) is 25.2 Å². The molecule has 0 radical (unpaired) electrons. The number of nitrogens with one attached hydrogen (secondary N) is 1. The summed E-state index contributed by atoms with van der Waals surface area (Å²) in [5.41, 5.74) is 0.880. The van der Waals surface area contributed by atoms with Gasteiger partial charge in [-0.1, -0.05) is 48.9 Å². The number of hydrogen-bond acceptors (Lipinski definition) is 5. The molecule has 174 valence electrons. The lowest BCUT2D eigenvalue weighted by Crippen LogP contribution is -2.55. The van der Waals surface area contributed by atoms with Crippen LogP contribution in [0.3, 0.4) is 0 Å². The Morgan fingerprint density at radius 3 is 2.38 bits per heavy atom. The van der Waals surface area contributed by atoms with E-state index in [1.165, 1.54) is 18.2 Å². The van der Waals surface area contributed by atoms with Crippen LogP contribution in [-0.4, -0.2) is 69.5 Å². The topological polar surface area (TPSA) is 78.9 Å². The quantitative estimate of drug-likeness (QED) is 0.598. The van der Waals surface area contributed by atoms with E-state index in [0.29, 0.717) is 25.4 Å². The highest BCUT2D eigenvalue weighted by atomic mass is 35.5. The number of sulfonamides is 1. The number of amides is 1. The highest BCUT2D eigenvalue weighted by molar-refractivity contribution is 7.89. The van der Waals surface area contributed by atoms with E-state index in [4.69, 9.17) is 16.3 Å². The van der Waals surface area contributed by atoms with Crippen LogP contribution in [0.4, 0.5) is 0 Å². The van der Waals surface area contributed by atoms with Crippen molar-refractivity contribution in [1.29, 1.82) is 0 Å². The van der Waals surface area contributed by atoms with Gasteiger partial charge in [-0.25, -0.2) is 8.42 Å². The molecule has 1 N–H and O–H groups in total. The van der Waals surface area contributed by atoms with Crippen molar-refractivity contribution < 1.29 is 17.9 Å². The number of halogens is 1. The maximum Gasteiger partial charge on any atom is 0.241 e. The molecule has 32 heavy (non-hydrogen) atoms. The van der Waals surface area contributed by atoms with Crippen LogP contribution in [0.25, 0.3) is 0 Å². The highest BCUT2D eigenvalue weighted by Crippen LogP contribution is 2.27. The average molecular weight is 480 g/mol. The van der Waals surface area contributed by atoms with Gasteiger partial charge in [-0.3, -0.25) is 4.79 Å². The molecular weight excluding hydrogens is 450 g/mol. The Bertz CT molecular complexity index is 1010. The fourth-order valence-electron chi connectivity index (χ4n) is 3.71. The van der Waals surface area contributed by atoms with Crippen LogP contribution in [0.5, 0.6) is 5.75 Å². The van der Waals surface area contributed by atoms with Gasteiger partial charge >= 0.3 is 0 Å². The number of nitrogens with zero attached hydrogens (tertiary/aromatic N) is 2. The molecule has 1 atom stereocenters. The SMILES string of the molecule is CCOc1ccc(S(=O)(=O)NC(Cc2ccccc2)C(=O)N2CCN(CC)CC2)cc1Cl. The first-order valence-corrected chi connectivity index (χ1v) is 12.7. The number of piperazine rings is 1. The number of carbonyl (C=O) groups is 1. The Hall–Kier alpha value is -2.13. The number of ether oxygens (including phenoxy) is 1. The van der Waals surface area contributed by atoms with E-state index in [9.17, 15) is 13.2 Å². The molecule has 0 aliphatic carbocycles. The third-order valence-electron chi connectivity index (χ3n) is 5.52. The van der Waals surface area contributed by atoms with Crippen molar-refractivity contribution in [2.45, 2.75) is 31.2 Å². The van der Waals surface area contributed by atoms with Crippen molar-refractivity contribution in [2.24, 2.45) is 0 Å². The zero-order chi connectivity index (χ0) is 23.1. The lowest BCUT2D eigenvalue weighted by atomic mass is 10.1. The standard InChI is InChI=1S/C23H30ClN3O4S/c1-3-26-12-14-27(15-13-26)23(28)21(16-18-8-6-5-7-9-18)25-32(29,30)19-10-11-22(31-4-2)20(24)17-19/h5-11,17,21,25H,3-4,12-16H2,1-2H3. The van der Waals surface area contributed by atoms with Crippen LogP contribution in [0.1, 0.15) is 19.4 Å². The Kier molecular flexibility index (Phi) is 8.53. The maximum absolute atomic E-state index is 13.3. The van der Waals surface area contributed by atoms with Gasteiger partial charge in [0.25, 0.3) is 0 Å². The van der Waals surface area contributed by atoms with E-state index >= 15 is 0 Å². The van der Waals surface area contributed by atoms with Gasteiger partial charge in [-0.15, -0.1) is 0 Å². The summed E-state index contributed by atoms with van der Waals surface area (Å²) >= 11 is 6.20. The second-order valence-corrected chi connectivity index (χ2v) is 9.77. The first-order valence-electron chi connectivity index (χ1n) is 10.8. The number of hydrogen-bond donors (Lipinski definition) is 1. The fourth-order valence-corrected chi connectivity index (χ4v) is 5.23. The number of likely N-dealkylation sites (N-methyl/N-ethyl adjacent to an activating group) is 1. The van der Waals surface area contributed by atoms with Crippen LogP contribution in [0.15, 0.2) is 53.4 Å². The minimum Gasteiger partial charge on any atom is -0.492 e. The van der Waals surface area contributed by atoms with Crippen LogP contribution in [-0.2, 0) is 21.2 Å². The Balaban J connectivity index is 1.83. The van der Waals surface area contributed by atoms with Crippen molar-refractivity contribution in [3.63, 3.8) is 0 Å². The van der Waals surface area contributed by atoms with Gasteiger partial charge in [-0.05, 0) is 43.7 Å². The summed E-state index contributed by atoms with van der Waals surface area (Å²) in [6.07, 6.45) is 0.262. The summed E-state index contributed by atoms with van der Waals surface area (Å²) in [5.74, 6) is 0.198. The second-order valence-electron chi connectivity index (χ2n) is 7.65. The average Bonchev–Trinajstić information content (AvgIpc) is 2.80. The van der Waals surface area contributed by atoms with Crippen molar-refractivity contribution >= 4 is 27.5 Å². The molecule has 0 aromatic heterocycles. The third kappa shape index (κ3) is 6.22. The molecule has 0 saturated carbocycles. The van der Waals surface area contributed by atoms with Crippen LogP contribution in [0.2, 0.25) is 5.02 Å². The second kappa shape index (κ2) is 11.1. The molecule has 7 nitrogen and oxygen atoms in total. The zero-order valence-electron chi connectivity index (χ0n) is 18.5. The molecule has 1 heterocycles. The predicted octanol–water partition coefficient (Wildman–Crippen LogP) is 2.79. The smallest absolute Gasteiger partial charge is 0.241 e. The highest BCUT2D eigenvalue weighted by Gasteiger charge is 2.31. The molecule has 2 aromatic rings. The van der Waals surface area contributed by atoms with Crippen LogP contribution < -0.4 is 9.46 Å². The third-order valence-corrected chi connectivity index (χ3v) is 7.29. The van der Waals surface area contributed by atoms with Crippen molar-refractivity contribution in [2.75, 3.05) is 39.3 Å². The molecule has 1 aliphatic rings. The summed E-state index contributed by atoms with van der Waals surface area (Å²) in [6, 6.07) is 12.8. The Morgan fingerprint density at radius 1 is 1.09 bits per heavy atom. The van der Waals surface area contributed by atoms with Gasteiger partial charge in [0, 0.05) is 26.2 Å². The molecule has 9 heteroatoms. The number of carbonyl (C=O) groups excluding carboxylic acids is 1. The van der Waals surface area contributed by atoms with E-state index in [1.807, 2.05) is 37.3 Å². The molecule has 1 aliphatic heterocycles. The van der Waals surface area contributed by atoms with E-state index in [1.54, 1.807) is 4.90 Å². The minimum absolute atomic E-state index is 0.00684. The van der Waals surface area contributed by atoms with Gasteiger partial charge in [0.2, 0.25) is 15.9 Å². The molecule has 1 saturated heterocycles. The van der Waals surface area contributed by atoms with Gasteiger partial charge in [-0.2, -0.15) is 4.72 Å². The Morgan fingerprint density at radius 2 is 1.78 bits per heavy atom. The summed E-state index contributed by atoms with van der Waals surface area (Å²) in [4.78, 5) is 17.3. The van der Waals surface area contributed by atoms with Crippen LogP contribution in [0, 0.1) is 0 Å². The largest absolute Gasteiger partial charge is 0.492 e. The van der Waals surface area contributed by atoms with E-state index < -0.39 is 16.1 Å². The Labute approximate surface area is 195 Å². The molecule has 0 bridgehead atoms. The van der Waals surface area contributed by atoms with Gasteiger partial charge in [0.05, 0.1) is 16.5 Å². The normalized spacial score (nSPS) is 16.0. The van der Waals surface area contributed by atoms with Crippen molar-refractivity contribution in [3.8, 4) is 5.75 Å². The first kappa shape index (κ1) is 24.5. The minimum atomic E-state index is -3.98. The molecule has 1 fully saturated rings. The lowest BCUT2D eigenvalue weighted by Gasteiger charge is -2.36. The summed E-state index contributed by atoms with van der Waals surface area (Å²) < 4.78 is 34.3. The van der Waals surface area contributed by atoms with Crippen molar-refractivity contribution in [3.05, 3.63) is 59.1 Å². The van der Waals surface area contributed by atoms with Gasteiger partial charge in [0.1, 0.15) is 11.8 Å².